The number of aryl methyl sites for hydroxylation is 1. The fraction of sp³-hybridized carbons (Fsp3) is 0.588. The van der Waals surface area contributed by atoms with Gasteiger partial charge in [-0.15, -0.1) is 0 Å². The van der Waals surface area contributed by atoms with Crippen molar-refractivity contribution in [1.29, 1.82) is 0 Å². The molecule has 0 saturated carbocycles. The minimum atomic E-state index is -0.176. The van der Waals surface area contributed by atoms with Crippen LogP contribution in [-0.4, -0.2) is 40.1 Å². The van der Waals surface area contributed by atoms with Crippen molar-refractivity contribution in [2.75, 3.05) is 5.32 Å². The topological polar surface area (TPSA) is 52.6 Å². The van der Waals surface area contributed by atoms with Gasteiger partial charge < -0.3 is 10.4 Å². The average molecular weight is 286 g/mol. The van der Waals surface area contributed by atoms with Crippen molar-refractivity contribution in [3.8, 4) is 0 Å². The maximum absolute atomic E-state index is 12.7. The number of nitrogens with one attached hydrogen (secondary N) is 1. The van der Waals surface area contributed by atoms with Gasteiger partial charge in [-0.25, -0.2) is 0 Å². The molecule has 1 amide bonds. The number of amides is 1. The number of para-hydroxylation sites is 1. The summed E-state index contributed by atoms with van der Waals surface area (Å²) in [6.45, 7) is 0. The Kier molecular flexibility index (Phi) is 3.23. The number of hydrogen-bond acceptors (Lipinski definition) is 3. The molecule has 3 aliphatic rings. The molecule has 1 aromatic rings. The van der Waals surface area contributed by atoms with Crippen molar-refractivity contribution in [2.24, 2.45) is 0 Å². The van der Waals surface area contributed by atoms with Crippen LogP contribution >= 0.6 is 0 Å². The van der Waals surface area contributed by atoms with Gasteiger partial charge in [0.25, 0.3) is 0 Å². The van der Waals surface area contributed by atoms with Crippen LogP contribution in [0.25, 0.3) is 0 Å². The first-order valence-electron chi connectivity index (χ1n) is 8.06. The van der Waals surface area contributed by atoms with Crippen LogP contribution in [0.1, 0.15) is 37.7 Å². The lowest BCUT2D eigenvalue weighted by molar-refractivity contribution is -0.124. The molecule has 2 N–H and O–H groups in total. The van der Waals surface area contributed by atoms with Crippen molar-refractivity contribution in [1.82, 2.24) is 4.90 Å². The van der Waals surface area contributed by atoms with E-state index in [0.29, 0.717) is 12.1 Å². The molecular formula is C17H22N2O2. The minimum absolute atomic E-state index is 0.0394. The third kappa shape index (κ3) is 2.27. The molecule has 2 fully saturated rings. The molecule has 3 unspecified atom stereocenters. The van der Waals surface area contributed by atoms with E-state index in [9.17, 15) is 9.90 Å². The number of piperidine rings is 1. The van der Waals surface area contributed by atoms with Crippen molar-refractivity contribution in [3.05, 3.63) is 29.8 Å². The summed E-state index contributed by atoms with van der Waals surface area (Å²) in [6, 6.07) is 8.83. The fourth-order valence-corrected chi connectivity index (χ4v) is 4.48. The third-order valence-corrected chi connectivity index (χ3v) is 5.39. The molecule has 2 bridgehead atoms. The zero-order valence-electron chi connectivity index (χ0n) is 12.2. The molecular weight excluding hydrogens is 264 g/mol. The molecule has 0 spiro atoms. The molecule has 3 heterocycles. The Labute approximate surface area is 125 Å². The van der Waals surface area contributed by atoms with Gasteiger partial charge in [0, 0.05) is 17.8 Å². The predicted octanol–water partition coefficient (Wildman–Crippen LogP) is 1.93. The lowest BCUT2D eigenvalue weighted by Crippen LogP contribution is -2.54. The largest absolute Gasteiger partial charge is 0.393 e. The number of rotatable bonds is 1. The summed E-state index contributed by atoms with van der Waals surface area (Å²) in [5, 5.41) is 13.0. The van der Waals surface area contributed by atoms with Crippen LogP contribution in [0, 0.1) is 0 Å². The third-order valence-electron chi connectivity index (χ3n) is 5.39. The molecule has 21 heavy (non-hydrogen) atoms. The Morgan fingerprint density at radius 2 is 1.81 bits per heavy atom. The minimum Gasteiger partial charge on any atom is -0.393 e. The van der Waals surface area contributed by atoms with Crippen LogP contribution in [0.2, 0.25) is 0 Å². The molecule has 1 aromatic carbocycles. The first kappa shape index (κ1) is 13.3. The van der Waals surface area contributed by atoms with E-state index in [0.717, 1.165) is 44.2 Å². The second kappa shape index (κ2) is 5.11. The summed E-state index contributed by atoms with van der Waals surface area (Å²) in [6.07, 6.45) is 5.55. The normalized spacial score (nSPS) is 36.0. The Morgan fingerprint density at radius 1 is 1.10 bits per heavy atom. The van der Waals surface area contributed by atoms with Crippen molar-refractivity contribution < 1.29 is 9.90 Å². The quantitative estimate of drug-likeness (QED) is 0.829. The number of carbonyl (C=O) groups is 1. The van der Waals surface area contributed by atoms with E-state index in [1.807, 2.05) is 18.2 Å². The number of fused-ring (bicyclic) bond motifs is 3. The van der Waals surface area contributed by atoms with Gasteiger partial charge in [0.05, 0.1) is 12.1 Å². The molecule has 3 aliphatic heterocycles. The van der Waals surface area contributed by atoms with E-state index in [1.54, 1.807) is 0 Å². The zero-order chi connectivity index (χ0) is 14.4. The van der Waals surface area contributed by atoms with Crippen LogP contribution in [0.5, 0.6) is 0 Å². The first-order valence-corrected chi connectivity index (χ1v) is 8.06. The van der Waals surface area contributed by atoms with Crippen LogP contribution in [0.3, 0.4) is 0 Å². The number of nitrogens with zero attached hydrogens (tertiary/aromatic N) is 1. The smallest absolute Gasteiger partial charge is 0.241 e. The number of anilines is 1. The molecule has 0 aliphatic carbocycles. The second-order valence-electron chi connectivity index (χ2n) is 6.66. The van der Waals surface area contributed by atoms with Gasteiger partial charge in [0.15, 0.2) is 0 Å². The molecule has 4 nitrogen and oxygen atoms in total. The van der Waals surface area contributed by atoms with E-state index in [-0.39, 0.29) is 18.1 Å². The molecule has 3 atom stereocenters. The number of aliphatic hydroxyl groups is 1. The van der Waals surface area contributed by atoms with Crippen LogP contribution in [0.15, 0.2) is 24.3 Å². The standard InChI is InChI=1S/C17H22N2O2/c20-14-9-12-6-7-13(10-14)19(12)16-8-5-11-3-1-2-4-15(11)18-17(16)21/h1-4,12-14,16,20H,5-10H2,(H,18,21). The summed E-state index contributed by atoms with van der Waals surface area (Å²) in [7, 11) is 0. The van der Waals surface area contributed by atoms with Gasteiger partial charge in [0.2, 0.25) is 5.91 Å². The Morgan fingerprint density at radius 3 is 2.57 bits per heavy atom. The molecule has 4 heteroatoms. The van der Waals surface area contributed by atoms with Gasteiger partial charge in [-0.2, -0.15) is 0 Å². The van der Waals surface area contributed by atoms with Gasteiger partial charge in [-0.3, -0.25) is 9.69 Å². The van der Waals surface area contributed by atoms with Crippen LogP contribution in [0.4, 0.5) is 5.69 Å². The molecule has 0 aromatic heterocycles. The van der Waals surface area contributed by atoms with Gasteiger partial charge >= 0.3 is 0 Å². The van der Waals surface area contributed by atoms with Gasteiger partial charge in [0.1, 0.15) is 0 Å². The van der Waals surface area contributed by atoms with Crippen molar-refractivity contribution >= 4 is 11.6 Å². The van der Waals surface area contributed by atoms with Gasteiger partial charge in [-0.05, 0) is 50.2 Å². The van der Waals surface area contributed by atoms with E-state index >= 15 is 0 Å². The second-order valence-corrected chi connectivity index (χ2v) is 6.66. The highest BCUT2D eigenvalue weighted by Crippen LogP contribution is 2.39. The SMILES string of the molecule is O=C1Nc2ccccc2CCC1N1C2CCC1CC(O)C2. The Bertz CT molecular complexity index is 545. The number of hydrogen-bond donors (Lipinski definition) is 2. The maximum atomic E-state index is 12.7. The summed E-state index contributed by atoms with van der Waals surface area (Å²) >= 11 is 0. The number of benzene rings is 1. The average Bonchev–Trinajstić information content (AvgIpc) is 2.65. The van der Waals surface area contributed by atoms with Crippen LogP contribution < -0.4 is 5.32 Å². The van der Waals surface area contributed by atoms with E-state index < -0.39 is 0 Å². The van der Waals surface area contributed by atoms with E-state index in [2.05, 4.69) is 16.3 Å². The monoisotopic (exact) mass is 286 g/mol. The summed E-state index contributed by atoms with van der Waals surface area (Å²) in [5.74, 6) is 0.133. The molecule has 112 valence electrons. The summed E-state index contributed by atoms with van der Waals surface area (Å²) in [5.41, 5.74) is 2.20. The Hall–Kier alpha value is -1.39. The predicted molar refractivity (Wildman–Crippen MR) is 81.1 cm³/mol. The van der Waals surface area contributed by atoms with Crippen LogP contribution in [-0.2, 0) is 11.2 Å². The van der Waals surface area contributed by atoms with Crippen molar-refractivity contribution in [3.63, 3.8) is 0 Å². The highest BCUT2D eigenvalue weighted by Gasteiger charge is 2.45. The van der Waals surface area contributed by atoms with Gasteiger partial charge in [-0.1, -0.05) is 18.2 Å². The maximum Gasteiger partial charge on any atom is 0.241 e. The van der Waals surface area contributed by atoms with Crippen molar-refractivity contribution in [2.45, 2.75) is 62.8 Å². The van der Waals surface area contributed by atoms with E-state index in [1.165, 1.54) is 5.56 Å². The highest BCUT2D eigenvalue weighted by atomic mass is 16.3. The lowest BCUT2D eigenvalue weighted by Gasteiger charge is -2.41. The van der Waals surface area contributed by atoms with E-state index in [4.69, 9.17) is 0 Å². The molecule has 2 saturated heterocycles. The lowest BCUT2D eigenvalue weighted by atomic mass is 9.95. The molecule has 4 rings (SSSR count). The summed E-state index contributed by atoms with van der Waals surface area (Å²) < 4.78 is 0. The number of aliphatic hydroxyl groups excluding tert-OH is 1. The summed E-state index contributed by atoms with van der Waals surface area (Å²) in [4.78, 5) is 15.1. The zero-order valence-corrected chi connectivity index (χ0v) is 12.2. The fourth-order valence-electron chi connectivity index (χ4n) is 4.48. The highest BCUT2D eigenvalue weighted by molar-refractivity contribution is 5.96. The number of carbonyl (C=O) groups excluding carboxylic acids is 1. The Balaban J connectivity index is 1.58. The first-order chi connectivity index (χ1) is 10.2. The molecule has 0 radical (unpaired) electrons.